The van der Waals surface area contributed by atoms with E-state index in [1.54, 1.807) is 20.3 Å². The molecule has 0 saturated heterocycles. The second-order valence-electron chi connectivity index (χ2n) is 7.73. The summed E-state index contributed by atoms with van der Waals surface area (Å²) in [4.78, 5) is 20.2. The first kappa shape index (κ1) is 21.6. The number of para-hydroxylation sites is 1. The predicted octanol–water partition coefficient (Wildman–Crippen LogP) is 4.57. The van der Waals surface area contributed by atoms with Gasteiger partial charge in [-0.15, -0.1) is 0 Å². The Balaban J connectivity index is 1.63. The van der Waals surface area contributed by atoms with E-state index in [0.717, 1.165) is 23.5 Å². The molecule has 0 unspecified atom stereocenters. The first-order chi connectivity index (χ1) is 15.6. The van der Waals surface area contributed by atoms with Crippen molar-refractivity contribution in [2.75, 3.05) is 14.2 Å². The van der Waals surface area contributed by atoms with Gasteiger partial charge in [0.25, 0.3) is 5.56 Å². The number of hydrogen-bond acceptors (Lipinski definition) is 5. The normalized spacial score (nSPS) is 13.0. The molecule has 2 N–H and O–H groups in total. The van der Waals surface area contributed by atoms with Gasteiger partial charge in [-0.05, 0) is 60.9 Å². The molecule has 164 valence electrons. The average Bonchev–Trinajstić information content (AvgIpc) is 2.84. The van der Waals surface area contributed by atoms with Crippen molar-refractivity contribution in [2.24, 2.45) is 0 Å². The molecule has 0 radical (unpaired) electrons. The number of rotatable bonds is 8. The van der Waals surface area contributed by atoms with Gasteiger partial charge in [-0.1, -0.05) is 36.4 Å². The Hall–Kier alpha value is -3.64. The lowest BCUT2D eigenvalue weighted by Gasteiger charge is -2.24. The Kier molecular flexibility index (Phi) is 6.52. The Labute approximate surface area is 187 Å². The predicted molar refractivity (Wildman–Crippen MR) is 126 cm³/mol. The van der Waals surface area contributed by atoms with Crippen LogP contribution in [-0.4, -0.2) is 24.2 Å². The van der Waals surface area contributed by atoms with Crippen LogP contribution in [0.15, 0.2) is 77.6 Å². The maximum Gasteiger partial charge on any atom is 0.258 e. The van der Waals surface area contributed by atoms with E-state index in [0.29, 0.717) is 16.7 Å². The van der Waals surface area contributed by atoms with E-state index in [-0.39, 0.29) is 17.6 Å². The quantitative estimate of drug-likeness (QED) is 0.429. The van der Waals surface area contributed by atoms with Crippen molar-refractivity contribution >= 4 is 10.9 Å². The summed E-state index contributed by atoms with van der Waals surface area (Å²) < 4.78 is 10.6. The van der Waals surface area contributed by atoms with E-state index in [4.69, 9.17) is 9.47 Å². The largest absolute Gasteiger partial charge is 0.497 e. The molecule has 0 spiro atoms. The molecule has 6 nitrogen and oxygen atoms in total. The molecule has 32 heavy (non-hydrogen) atoms. The van der Waals surface area contributed by atoms with Gasteiger partial charge in [0.1, 0.15) is 17.3 Å². The van der Waals surface area contributed by atoms with E-state index < -0.39 is 0 Å². The molecular weight excluding hydrogens is 402 g/mol. The van der Waals surface area contributed by atoms with Crippen LogP contribution in [0.2, 0.25) is 0 Å². The van der Waals surface area contributed by atoms with Crippen LogP contribution < -0.4 is 20.3 Å². The molecule has 4 rings (SSSR count). The smallest absolute Gasteiger partial charge is 0.258 e. The summed E-state index contributed by atoms with van der Waals surface area (Å²) in [5.74, 6) is 2.25. The zero-order valence-electron chi connectivity index (χ0n) is 18.5. The van der Waals surface area contributed by atoms with Crippen LogP contribution in [0.1, 0.15) is 36.0 Å². The second kappa shape index (κ2) is 9.66. The van der Waals surface area contributed by atoms with E-state index in [9.17, 15) is 4.79 Å². The zero-order chi connectivity index (χ0) is 22.5. The summed E-state index contributed by atoms with van der Waals surface area (Å²) in [7, 11) is 3.32. The maximum atomic E-state index is 12.5. The highest BCUT2D eigenvalue weighted by Crippen LogP contribution is 2.25. The Morgan fingerprint density at radius 3 is 2.19 bits per heavy atom. The SMILES string of the molecule is COc1ccc(C[C@@H](N[C@H](C)c2nc3ccccc3c(=O)[nH]2)c2ccc(OC)cc2)cc1. The van der Waals surface area contributed by atoms with Crippen LogP contribution in [0, 0.1) is 0 Å². The summed E-state index contributed by atoms with van der Waals surface area (Å²) in [6.07, 6.45) is 0.762. The zero-order valence-corrected chi connectivity index (χ0v) is 18.5. The summed E-state index contributed by atoms with van der Waals surface area (Å²) in [6.45, 7) is 2.01. The Morgan fingerprint density at radius 1 is 0.906 bits per heavy atom. The van der Waals surface area contributed by atoms with Crippen LogP contribution in [0.25, 0.3) is 10.9 Å². The van der Waals surface area contributed by atoms with Gasteiger partial charge in [-0.2, -0.15) is 0 Å². The highest BCUT2D eigenvalue weighted by molar-refractivity contribution is 5.77. The van der Waals surface area contributed by atoms with Crippen molar-refractivity contribution in [3.8, 4) is 11.5 Å². The first-order valence-corrected chi connectivity index (χ1v) is 10.6. The molecule has 0 amide bonds. The van der Waals surface area contributed by atoms with Crippen molar-refractivity contribution in [3.05, 3.63) is 100 Å². The number of aromatic amines is 1. The minimum atomic E-state index is -0.169. The third-order valence-electron chi connectivity index (χ3n) is 5.61. The van der Waals surface area contributed by atoms with Gasteiger partial charge in [0, 0.05) is 6.04 Å². The number of hydrogen-bond donors (Lipinski definition) is 2. The minimum absolute atomic E-state index is 0.000994. The summed E-state index contributed by atoms with van der Waals surface area (Å²) >= 11 is 0. The van der Waals surface area contributed by atoms with Crippen LogP contribution in [-0.2, 0) is 6.42 Å². The van der Waals surface area contributed by atoms with Gasteiger partial charge in [-0.3, -0.25) is 4.79 Å². The lowest BCUT2D eigenvalue weighted by molar-refractivity contribution is 0.412. The molecule has 0 aliphatic carbocycles. The molecular formula is C26H27N3O3. The van der Waals surface area contributed by atoms with Crippen molar-refractivity contribution in [3.63, 3.8) is 0 Å². The van der Waals surface area contributed by atoms with E-state index in [1.165, 1.54) is 5.56 Å². The minimum Gasteiger partial charge on any atom is -0.497 e. The Morgan fingerprint density at radius 2 is 1.53 bits per heavy atom. The van der Waals surface area contributed by atoms with E-state index in [1.807, 2.05) is 49.4 Å². The van der Waals surface area contributed by atoms with E-state index in [2.05, 4.69) is 39.6 Å². The molecule has 1 heterocycles. The number of nitrogens with zero attached hydrogens (tertiary/aromatic N) is 1. The highest BCUT2D eigenvalue weighted by atomic mass is 16.5. The van der Waals surface area contributed by atoms with Crippen LogP contribution in [0.4, 0.5) is 0 Å². The lowest BCUT2D eigenvalue weighted by Crippen LogP contribution is -2.29. The molecule has 1 aromatic heterocycles. The van der Waals surface area contributed by atoms with Crippen molar-refractivity contribution in [2.45, 2.75) is 25.4 Å². The molecule has 3 aromatic carbocycles. The molecule has 0 aliphatic heterocycles. The fourth-order valence-corrected chi connectivity index (χ4v) is 3.80. The van der Waals surface area contributed by atoms with Crippen molar-refractivity contribution in [1.82, 2.24) is 15.3 Å². The Bertz CT molecular complexity index is 1230. The molecule has 0 aliphatic rings. The number of aromatic nitrogens is 2. The standard InChI is InChI=1S/C26H27N3O3/c1-17(25-28-23-7-5-4-6-22(23)26(30)29-25)27-24(19-10-14-21(32-3)15-11-19)16-18-8-12-20(31-2)13-9-18/h4-15,17,24,27H,16H2,1-3H3,(H,28,29,30)/t17-,24-/m1/s1. The van der Waals surface area contributed by atoms with Gasteiger partial charge in [0.05, 0.1) is 31.2 Å². The molecule has 6 heteroatoms. The van der Waals surface area contributed by atoms with Crippen LogP contribution in [0.5, 0.6) is 11.5 Å². The second-order valence-corrected chi connectivity index (χ2v) is 7.73. The van der Waals surface area contributed by atoms with Gasteiger partial charge >= 0.3 is 0 Å². The first-order valence-electron chi connectivity index (χ1n) is 10.6. The number of H-pyrrole nitrogens is 1. The summed E-state index contributed by atoms with van der Waals surface area (Å²) in [5, 5.41) is 4.24. The monoisotopic (exact) mass is 429 g/mol. The number of nitrogens with one attached hydrogen (secondary N) is 2. The van der Waals surface area contributed by atoms with Gasteiger partial charge < -0.3 is 19.8 Å². The maximum absolute atomic E-state index is 12.5. The lowest BCUT2D eigenvalue weighted by atomic mass is 9.97. The molecule has 0 fully saturated rings. The van der Waals surface area contributed by atoms with Crippen molar-refractivity contribution < 1.29 is 9.47 Å². The van der Waals surface area contributed by atoms with Crippen molar-refractivity contribution in [1.29, 1.82) is 0 Å². The topological polar surface area (TPSA) is 76.2 Å². The number of fused-ring (bicyclic) bond motifs is 1. The molecule has 4 aromatic rings. The summed E-state index contributed by atoms with van der Waals surface area (Å²) in [5.41, 5.74) is 2.86. The molecule has 2 atom stereocenters. The third-order valence-corrected chi connectivity index (χ3v) is 5.61. The fourth-order valence-electron chi connectivity index (χ4n) is 3.80. The third kappa shape index (κ3) is 4.81. The van der Waals surface area contributed by atoms with Crippen LogP contribution >= 0.6 is 0 Å². The number of benzene rings is 3. The van der Waals surface area contributed by atoms with Gasteiger partial charge in [-0.25, -0.2) is 4.98 Å². The fraction of sp³-hybridized carbons (Fsp3) is 0.231. The summed E-state index contributed by atoms with van der Waals surface area (Å²) in [6, 6.07) is 23.3. The van der Waals surface area contributed by atoms with E-state index >= 15 is 0 Å². The molecule has 0 saturated carbocycles. The average molecular weight is 430 g/mol. The molecule has 0 bridgehead atoms. The van der Waals surface area contributed by atoms with Crippen LogP contribution in [0.3, 0.4) is 0 Å². The number of methoxy groups -OCH3 is 2. The number of ether oxygens (including phenoxy) is 2. The highest BCUT2D eigenvalue weighted by Gasteiger charge is 2.19. The van der Waals surface area contributed by atoms with Gasteiger partial charge in [0.2, 0.25) is 0 Å². The van der Waals surface area contributed by atoms with Gasteiger partial charge in [0.15, 0.2) is 0 Å².